The van der Waals surface area contributed by atoms with E-state index in [0.29, 0.717) is 19.4 Å². The van der Waals surface area contributed by atoms with Crippen LogP contribution in [0.2, 0.25) is 0 Å². The van der Waals surface area contributed by atoms with Crippen LogP contribution in [0.3, 0.4) is 0 Å². The molecule has 1 saturated carbocycles. The number of carbonyl (C=O) groups is 1. The minimum Gasteiger partial charge on any atom is -0.409 e. The highest BCUT2D eigenvalue weighted by molar-refractivity contribution is 8.00. The van der Waals surface area contributed by atoms with Crippen LogP contribution >= 0.6 is 11.8 Å². The molecule has 1 saturated heterocycles. The van der Waals surface area contributed by atoms with Gasteiger partial charge in [-0.3, -0.25) is 4.79 Å². The Labute approximate surface area is 124 Å². The number of amides is 1. The Balaban J connectivity index is 2.03. The fourth-order valence-electron chi connectivity index (χ4n) is 3.26. The lowest BCUT2D eigenvalue weighted by Gasteiger charge is -2.35. The van der Waals surface area contributed by atoms with Crippen LogP contribution in [0.1, 0.15) is 51.9 Å². The van der Waals surface area contributed by atoms with Crippen molar-refractivity contribution in [3.8, 4) is 0 Å². The third-order valence-corrected chi connectivity index (χ3v) is 6.20. The van der Waals surface area contributed by atoms with Crippen molar-refractivity contribution < 1.29 is 10.0 Å². The fraction of sp³-hybridized carbons (Fsp3) is 0.857. The summed E-state index contributed by atoms with van der Waals surface area (Å²) in [5, 5.41) is 15.2. The first-order valence-electron chi connectivity index (χ1n) is 7.43. The molecule has 1 aliphatic carbocycles. The highest BCUT2D eigenvalue weighted by atomic mass is 32.2. The van der Waals surface area contributed by atoms with E-state index >= 15 is 0 Å². The maximum atomic E-state index is 12.6. The molecule has 20 heavy (non-hydrogen) atoms. The van der Waals surface area contributed by atoms with Crippen molar-refractivity contribution in [2.45, 2.75) is 56.6 Å². The van der Waals surface area contributed by atoms with E-state index in [1.165, 1.54) is 6.42 Å². The molecule has 1 atom stereocenters. The minimum atomic E-state index is -0.799. The third-order valence-electron chi connectivity index (χ3n) is 4.66. The number of hydrogen-bond donors (Lipinski definition) is 3. The zero-order chi connectivity index (χ0) is 14.6. The Bertz CT molecular complexity index is 386. The summed E-state index contributed by atoms with van der Waals surface area (Å²) in [5.41, 5.74) is 5.04. The molecule has 1 aliphatic heterocycles. The molecule has 4 N–H and O–H groups in total. The largest absolute Gasteiger partial charge is 0.409 e. The topological polar surface area (TPSA) is 87.7 Å². The molecule has 5 nitrogen and oxygen atoms in total. The molecule has 1 amide bonds. The van der Waals surface area contributed by atoms with Gasteiger partial charge in [0, 0.05) is 11.3 Å². The minimum absolute atomic E-state index is 0.0683. The van der Waals surface area contributed by atoms with Gasteiger partial charge in [0.2, 0.25) is 5.91 Å². The normalized spacial score (nSPS) is 30.1. The van der Waals surface area contributed by atoms with Crippen LogP contribution in [-0.2, 0) is 4.79 Å². The molecule has 2 rings (SSSR count). The molecular weight excluding hydrogens is 274 g/mol. The SMILES string of the molecule is CC1(CNC(=O)C2(C(N)=NO)CCCCC2)CCCS1. The van der Waals surface area contributed by atoms with Crippen molar-refractivity contribution in [2.75, 3.05) is 12.3 Å². The van der Waals surface area contributed by atoms with Crippen LogP contribution < -0.4 is 11.1 Å². The number of nitrogens with one attached hydrogen (secondary N) is 1. The number of carbonyl (C=O) groups excluding carboxylic acids is 1. The van der Waals surface area contributed by atoms with Gasteiger partial charge in [0.05, 0.1) is 0 Å². The fourth-order valence-corrected chi connectivity index (χ4v) is 4.51. The first-order valence-corrected chi connectivity index (χ1v) is 8.41. The molecular formula is C14H25N3O2S. The molecule has 1 heterocycles. The molecule has 114 valence electrons. The van der Waals surface area contributed by atoms with Gasteiger partial charge in [0.25, 0.3) is 0 Å². The predicted molar refractivity (Wildman–Crippen MR) is 82.0 cm³/mol. The van der Waals surface area contributed by atoms with E-state index in [9.17, 15) is 4.79 Å². The standard InChI is InChI=1S/C14H25N3O2S/c1-13(6-5-9-20-13)10-16-12(18)14(11(15)17-19)7-3-2-4-8-14/h19H,2-10H2,1H3,(H2,15,17)(H,16,18). The number of hydrogen-bond acceptors (Lipinski definition) is 4. The number of nitrogens with two attached hydrogens (primary N) is 1. The lowest BCUT2D eigenvalue weighted by molar-refractivity contribution is -0.129. The molecule has 0 aromatic carbocycles. The zero-order valence-electron chi connectivity index (χ0n) is 12.2. The predicted octanol–water partition coefficient (Wildman–Crippen LogP) is 2.09. The van der Waals surface area contributed by atoms with Gasteiger partial charge in [-0.05, 0) is 38.4 Å². The van der Waals surface area contributed by atoms with Gasteiger partial charge < -0.3 is 16.3 Å². The summed E-state index contributed by atoms with van der Waals surface area (Å²) in [7, 11) is 0. The molecule has 2 aliphatic rings. The summed E-state index contributed by atoms with van der Waals surface area (Å²) in [4.78, 5) is 12.6. The number of nitrogens with zero attached hydrogens (tertiary/aromatic N) is 1. The lowest BCUT2D eigenvalue weighted by Crippen LogP contribution is -2.52. The van der Waals surface area contributed by atoms with E-state index < -0.39 is 5.41 Å². The van der Waals surface area contributed by atoms with E-state index in [1.54, 1.807) is 0 Å². The molecule has 0 aromatic rings. The third kappa shape index (κ3) is 3.05. The van der Waals surface area contributed by atoms with Crippen molar-refractivity contribution in [2.24, 2.45) is 16.3 Å². The maximum Gasteiger partial charge on any atom is 0.234 e. The van der Waals surface area contributed by atoms with Gasteiger partial charge >= 0.3 is 0 Å². The van der Waals surface area contributed by atoms with E-state index in [1.807, 2.05) is 11.8 Å². The van der Waals surface area contributed by atoms with E-state index in [4.69, 9.17) is 10.9 Å². The highest BCUT2D eigenvalue weighted by Crippen LogP contribution is 2.39. The Kier molecular flexibility index (Phi) is 4.83. The molecule has 6 heteroatoms. The average Bonchev–Trinajstić information content (AvgIpc) is 2.91. The van der Waals surface area contributed by atoms with Crippen LogP contribution in [0.25, 0.3) is 0 Å². The lowest BCUT2D eigenvalue weighted by atomic mass is 9.72. The summed E-state index contributed by atoms with van der Waals surface area (Å²) in [5.74, 6) is 1.16. The molecule has 0 bridgehead atoms. The van der Waals surface area contributed by atoms with E-state index in [0.717, 1.165) is 31.4 Å². The van der Waals surface area contributed by atoms with Crippen molar-refractivity contribution in [3.63, 3.8) is 0 Å². The van der Waals surface area contributed by atoms with Gasteiger partial charge in [-0.15, -0.1) is 0 Å². The van der Waals surface area contributed by atoms with Gasteiger partial charge in [-0.1, -0.05) is 24.4 Å². The molecule has 0 spiro atoms. The number of rotatable bonds is 4. The van der Waals surface area contributed by atoms with Crippen molar-refractivity contribution in [3.05, 3.63) is 0 Å². The van der Waals surface area contributed by atoms with Crippen molar-refractivity contribution in [1.29, 1.82) is 0 Å². The summed E-state index contributed by atoms with van der Waals surface area (Å²) in [6, 6.07) is 0. The van der Waals surface area contributed by atoms with Gasteiger partial charge in [-0.2, -0.15) is 11.8 Å². The summed E-state index contributed by atoms with van der Waals surface area (Å²) < 4.78 is 0.136. The molecule has 0 radical (unpaired) electrons. The smallest absolute Gasteiger partial charge is 0.234 e. The number of amidine groups is 1. The monoisotopic (exact) mass is 299 g/mol. The van der Waals surface area contributed by atoms with Crippen molar-refractivity contribution >= 4 is 23.5 Å². The second-order valence-electron chi connectivity index (χ2n) is 6.21. The average molecular weight is 299 g/mol. The summed E-state index contributed by atoms with van der Waals surface area (Å²) in [6.07, 6.45) is 6.72. The zero-order valence-corrected chi connectivity index (χ0v) is 13.0. The highest BCUT2D eigenvalue weighted by Gasteiger charge is 2.44. The van der Waals surface area contributed by atoms with Crippen LogP contribution in [0.15, 0.2) is 5.16 Å². The molecule has 1 unspecified atom stereocenters. The molecule has 2 fully saturated rings. The second kappa shape index (κ2) is 6.24. The van der Waals surface area contributed by atoms with Gasteiger partial charge in [0.15, 0.2) is 5.84 Å². The van der Waals surface area contributed by atoms with Crippen LogP contribution in [-0.4, -0.2) is 34.0 Å². The second-order valence-corrected chi connectivity index (χ2v) is 7.90. The quantitative estimate of drug-likeness (QED) is 0.321. The van der Waals surface area contributed by atoms with E-state index in [-0.39, 0.29) is 16.5 Å². The first kappa shape index (κ1) is 15.5. The molecule has 0 aromatic heterocycles. The first-order chi connectivity index (χ1) is 9.52. The Hall–Kier alpha value is -0.910. The number of oxime groups is 1. The Morgan fingerprint density at radius 2 is 2.00 bits per heavy atom. The van der Waals surface area contributed by atoms with E-state index in [2.05, 4.69) is 17.4 Å². The Morgan fingerprint density at radius 3 is 2.55 bits per heavy atom. The van der Waals surface area contributed by atoms with Crippen LogP contribution in [0, 0.1) is 5.41 Å². The van der Waals surface area contributed by atoms with Crippen molar-refractivity contribution in [1.82, 2.24) is 5.32 Å². The summed E-state index contributed by atoms with van der Waals surface area (Å²) in [6.45, 7) is 2.86. The maximum absolute atomic E-state index is 12.6. The van der Waals surface area contributed by atoms with Gasteiger partial charge in [-0.25, -0.2) is 0 Å². The number of thioether (sulfide) groups is 1. The Morgan fingerprint density at radius 1 is 1.30 bits per heavy atom. The van der Waals surface area contributed by atoms with Crippen LogP contribution in [0.5, 0.6) is 0 Å². The summed E-state index contributed by atoms with van der Waals surface area (Å²) >= 11 is 1.92. The van der Waals surface area contributed by atoms with Crippen LogP contribution in [0.4, 0.5) is 0 Å². The van der Waals surface area contributed by atoms with Gasteiger partial charge in [0.1, 0.15) is 5.41 Å².